The van der Waals surface area contributed by atoms with Crippen molar-refractivity contribution in [2.45, 2.75) is 24.3 Å². The second-order valence-corrected chi connectivity index (χ2v) is 7.11. The SMILES string of the molecule is CC(C)C1(O)CN(C(=O)CSc2ccc(-c3nn[nH]n3)cc2)C1. The van der Waals surface area contributed by atoms with Crippen molar-refractivity contribution in [2.75, 3.05) is 18.8 Å². The topological polar surface area (TPSA) is 95.0 Å². The molecule has 23 heavy (non-hydrogen) atoms. The van der Waals surface area contributed by atoms with Gasteiger partial charge in [0.05, 0.1) is 18.8 Å². The lowest BCUT2D eigenvalue weighted by molar-refractivity contribution is -0.161. The molecule has 1 amide bonds. The average molecular weight is 333 g/mol. The van der Waals surface area contributed by atoms with Gasteiger partial charge in [0, 0.05) is 10.5 Å². The van der Waals surface area contributed by atoms with Crippen LogP contribution in [0.4, 0.5) is 0 Å². The normalized spacial score (nSPS) is 16.4. The van der Waals surface area contributed by atoms with Crippen molar-refractivity contribution in [3.8, 4) is 11.4 Å². The Labute approximate surface area is 138 Å². The molecule has 2 N–H and O–H groups in total. The molecule has 2 heterocycles. The maximum absolute atomic E-state index is 12.1. The summed E-state index contributed by atoms with van der Waals surface area (Å²) in [5.74, 6) is 1.14. The number of thioether (sulfide) groups is 1. The first-order valence-corrected chi connectivity index (χ1v) is 8.43. The number of H-pyrrole nitrogens is 1. The van der Waals surface area contributed by atoms with Gasteiger partial charge in [-0.05, 0) is 35.4 Å². The predicted molar refractivity (Wildman–Crippen MR) is 86.7 cm³/mol. The summed E-state index contributed by atoms with van der Waals surface area (Å²) in [5.41, 5.74) is 0.159. The number of β-amino-alcohol motifs (C(OH)–C–C–N with tert-alkyl or cyclic N) is 1. The van der Waals surface area contributed by atoms with E-state index in [2.05, 4.69) is 20.6 Å². The Morgan fingerprint density at radius 1 is 1.39 bits per heavy atom. The molecule has 1 saturated heterocycles. The van der Waals surface area contributed by atoms with Crippen molar-refractivity contribution in [3.05, 3.63) is 24.3 Å². The molecule has 1 aromatic heterocycles. The summed E-state index contributed by atoms with van der Waals surface area (Å²) in [5, 5.41) is 24.0. The Bertz CT molecular complexity index is 666. The standard InChI is InChI=1S/C15H19N5O2S/c1-10(2)15(22)8-20(9-15)13(21)7-23-12-5-3-11(4-6-12)14-16-18-19-17-14/h3-6,10,22H,7-9H2,1-2H3,(H,16,17,18,19). The number of likely N-dealkylation sites (tertiary alicyclic amines) is 1. The second-order valence-electron chi connectivity index (χ2n) is 6.06. The molecule has 2 aromatic rings. The third-order valence-corrected chi connectivity index (χ3v) is 5.17. The van der Waals surface area contributed by atoms with Gasteiger partial charge in [-0.2, -0.15) is 5.21 Å². The highest BCUT2D eigenvalue weighted by Gasteiger charge is 2.45. The molecule has 0 bridgehead atoms. The first-order chi connectivity index (χ1) is 11.0. The molecule has 3 rings (SSSR count). The van der Waals surface area contributed by atoms with Crippen molar-refractivity contribution < 1.29 is 9.90 Å². The first kappa shape index (κ1) is 15.9. The predicted octanol–water partition coefficient (Wildman–Crippen LogP) is 1.19. The third-order valence-electron chi connectivity index (χ3n) is 4.18. The van der Waals surface area contributed by atoms with Crippen LogP contribution in [0.5, 0.6) is 0 Å². The number of nitrogens with zero attached hydrogens (tertiary/aromatic N) is 4. The Hall–Kier alpha value is -1.93. The van der Waals surface area contributed by atoms with Gasteiger partial charge in [0.2, 0.25) is 11.7 Å². The molecule has 0 spiro atoms. The molecule has 0 saturated carbocycles. The highest BCUT2D eigenvalue weighted by molar-refractivity contribution is 8.00. The van der Waals surface area contributed by atoms with E-state index in [-0.39, 0.29) is 11.8 Å². The molecule has 1 aliphatic rings. The molecule has 0 radical (unpaired) electrons. The van der Waals surface area contributed by atoms with Gasteiger partial charge in [-0.25, -0.2) is 0 Å². The van der Waals surface area contributed by atoms with Crippen LogP contribution in [0.15, 0.2) is 29.2 Å². The van der Waals surface area contributed by atoms with Crippen molar-refractivity contribution in [1.29, 1.82) is 0 Å². The van der Waals surface area contributed by atoms with Crippen LogP contribution in [0.25, 0.3) is 11.4 Å². The summed E-state index contributed by atoms with van der Waals surface area (Å²) >= 11 is 1.48. The van der Waals surface area contributed by atoms with Crippen LogP contribution in [-0.2, 0) is 4.79 Å². The van der Waals surface area contributed by atoms with Crippen LogP contribution in [0.1, 0.15) is 13.8 Å². The number of carbonyl (C=O) groups is 1. The lowest BCUT2D eigenvalue weighted by atomic mass is 9.83. The number of aromatic amines is 1. The zero-order valence-electron chi connectivity index (χ0n) is 13.1. The molecular formula is C15H19N5O2S. The fourth-order valence-corrected chi connectivity index (χ4v) is 3.18. The quantitative estimate of drug-likeness (QED) is 0.798. The van der Waals surface area contributed by atoms with E-state index in [0.717, 1.165) is 10.5 Å². The minimum atomic E-state index is -0.716. The number of hydrogen-bond acceptors (Lipinski definition) is 6. The van der Waals surface area contributed by atoms with E-state index < -0.39 is 5.60 Å². The Morgan fingerprint density at radius 2 is 2.09 bits per heavy atom. The number of carbonyl (C=O) groups excluding carboxylic acids is 1. The van der Waals surface area contributed by atoms with E-state index in [1.807, 2.05) is 38.1 Å². The van der Waals surface area contributed by atoms with Gasteiger partial charge in [-0.15, -0.1) is 22.0 Å². The van der Waals surface area contributed by atoms with Crippen LogP contribution >= 0.6 is 11.8 Å². The first-order valence-electron chi connectivity index (χ1n) is 7.45. The van der Waals surface area contributed by atoms with E-state index >= 15 is 0 Å². The highest BCUT2D eigenvalue weighted by Crippen LogP contribution is 2.30. The number of tetrazole rings is 1. The molecular weight excluding hydrogens is 314 g/mol. The molecule has 0 atom stereocenters. The Balaban J connectivity index is 1.50. The molecule has 7 nitrogen and oxygen atoms in total. The maximum atomic E-state index is 12.1. The van der Waals surface area contributed by atoms with Gasteiger partial charge >= 0.3 is 0 Å². The summed E-state index contributed by atoms with van der Waals surface area (Å²) < 4.78 is 0. The number of hydrogen-bond donors (Lipinski definition) is 2. The highest BCUT2D eigenvalue weighted by atomic mass is 32.2. The van der Waals surface area contributed by atoms with Gasteiger partial charge in [0.1, 0.15) is 5.60 Å². The average Bonchev–Trinajstić information content (AvgIpc) is 3.04. The fourth-order valence-electron chi connectivity index (χ4n) is 2.38. The summed E-state index contributed by atoms with van der Waals surface area (Å²) in [6.45, 7) is 4.81. The van der Waals surface area contributed by atoms with Gasteiger partial charge in [-0.1, -0.05) is 13.8 Å². The molecule has 1 aliphatic heterocycles. The van der Waals surface area contributed by atoms with Gasteiger partial charge in [0.25, 0.3) is 0 Å². The van der Waals surface area contributed by atoms with Gasteiger partial charge < -0.3 is 10.0 Å². The minimum absolute atomic E-state index is 0.0579. The van der Waals surface area contributed by atoms with Crippen LogP contribution in [0, 0.1) is 5.92 Å². The number of nitrogens with one attached hydrogen (secondary N) is 1. The molecule has 1 fully saturated rings. The zero-order chi connectivity index (χ0) is 16.4. The molecule has 0 aliphatic carbocycles. The summed E-state index contributed by atoms with van der Waals surface area (Å²) in [4.78, 5) is 14.8. The van der Waals surface area contributed by atoms with Crippen LogP contribution in [0.2, 0.25) is 0 Å². The zero-order valence-corrected chi connectivity index (χ0v) is 13.9. The van der Waals surface area contributed by atoms with E-state index in [0.29, 0.717) is 24.7 Å². The number of rotatable bonds is 5. The Kier molecular flexibility index (Phi) is 4.36. The lowest BCUT2D eigenvalue weighted by Gasteiger charge is -2.49. The smallest absolute Gasteiger partial charge is 0.233 e. The largest absolute Gasteiger partial charge is 0.386 e. The van der Waals surface area contributed by atoms with Crippen molar-refractivity contribution in [2.24, 2.45) is 5.92 Å². The van der Waals surface area contributed by atoms with Crippen LogP contribution in [0.3, 0.4) is 0 Å². The number of aromatic nitrogens is 4. The molecule has 122 valence electrons. The minimum Gasteiger partial charge on any atom is -0.386 e. The van der Waals surface area contributed by atoms with E-state index in [1.54, 1.807) is 4.90 Å². The monoisotopic (exact) mass is 333 g/mol. The van der Waals surface area contributed by atoms with Crippen molar-refractivity contribution >= 4 is 17.7 Å². The maximum Gasteiger partial charge on any atom is 0.233 e. The van der Waals surface area contributed by atoms with Gasteiger partial charge in [0.15, 0.2) is 0 Å². The third kappa shape index (κ3) is 3.37. The summed E-state index contributed by atoms with van der Waals surface area (Å²) in [6.07, 6.45) is 0. The number of aliphatic hydroxyl groups is 1. The van der Waals surface area contributed by atoms with E-state index in [4.69, 9.17) is 0 Å². The summed E-state index contributed by atoms with van der Waals surface area (Å²) in [7, 11) is 0. The second kappa shape index (κ2) is 6.29. The van der Waals surface area contributed by atoms with Gasteiger partial charge in [-0.3, -0.25) is 4.79 Å². The van der Waals surface area contributed by atoms with Crippen LogP contribution in [-0.4, -0.2) is 61.0 Å². The molecule has 8 heteroatoms. The van der Waals surface area contributed by atoms with Crippen LogP contribution < -0.4 is 0 Å². The fraction of sp³-hybridized carbons (Fsp3) is 0.467. The molecule has 0 unspecified atom stereocenters. The van der Waals surface area contributed by atoms with E-state index in [9.17, 15) is 9.90 Å². The van der Waals surface area contributed by atoms with E-state index in [1.165, 1.54) is 11.8 Å². The van der Waals surface area contributed by atoms with Crippen molar-refractivity contribution in [3.63, 3.8) is 0 Å². The summed E-state index contributed by atoms with van der Waals surface area (Å²) in [6, 6.07) is 7.67. The lowest BCUT2D eigenvalue weighted by Crippen LogP contribution is -2.66. The Morgan fingerprint density at radius 3 is 2.65 bits per heavy atom. The molecule has 1 aromatic carbocycles. The number of benzene rings is 1. The van der Waals surface area contributed by atoms with Crippen molar-refractivity contribution in [1.82, 2.24) is 25.5 Å². The number of amides is 1.